The molecule has 1 aliphatic rings. The van der Waals surface area contributed by atoms with E-state index >= 15 is 0 Å². The molecule has 0 aliphatic heterocycles. The molecule has 0 bridgehead atoms. The Bertz CT molecular complexity index is 621. The lowest BCUT2D eigenvalue weighted by atomic mass is 9.99. The van der Waals surface area contributed by atoms with Crippen molar-refractivity contribution in [3.05, 3.63) is 34.6 Å². The van der Waals surface area contributed by atoms with E-state index in [1.165, 1.54) is 25.7 Å². The molecule has 0 unspecified atom stereocenters. The molecule has 4 nitrogen and oxygen atoms in total. The smallest absolute Gasteiger partial charge is 0.223 e. The second kappa shape index (κ2) is 6.52. The second-order valence-corrected chi connectivity index (χ2v) is 6.40. The summed E-state index contributed by atoms with van der Waals surface area (Å²) in [5, 5.41) is 0. The van der Waals surface area contributed by atoms with Crippen molar-refractivity contribution >= 4 is 21.9 Å². The zero-order chi connectivity index (χ0) is 14.7. The lowest BCUT2D eigenvalue weighted by Crippen LogP contribution is -2.09. The number of hydrogen-bond acceptors (Lipinski definition) is 4. The Labute approximate surface area is 133 Å². The highest BCUT2D eigenvalue weighted by Gasteiger charge is 2.19. The minimum atomic E-state index is 0.315. The molecule has 2 aromatic rings. The zero-order valence-electron chi connectivity index (χ0n) is 11.9. The van der Waals surface area contributed by atoms with E-state index in [4.69, 9.17) is 10.7 Å². The van der Waals surface area contributed by atoms with Crippen LogP contribution in [0, 0.1) is 0 Å². The summed E-state index contributed by atoms with van der Waals surface area (Å²) in [6.45, 7) is 0. The van der Waals surface area contributed by atoms with Gasteiger partial charge in [-0.3, -0.25) is 0 Å². The maximum atomic E-state index is 5.92. The average molecular weight is 347 g/mol. The van der Waals surface area contributed by atoms with Crippen LogP contribution in [0.3, 0.4) is 0 Å². The summed E-state index contributed by atoms with van der Waals surface area (Å²) in [4.78, 5) is 13.4. The van der Waals surface area contributed by atoms with Crippen molar-refractivity contribution in [1.82, 2.24) is 15.0 Å². The van der Waals surface area contributed by atoms with Crippen LogP contribution >= 0.6 is 15.9 Å². The van der Waals surface area contributed by atoms with Gasteiger partial charge in [0.2, 0.25) is 5.95 Å². The van der Waals surface area contributed by atoms with Gasteiger partial charge in [-0.1, -0.05) is 59.8 Å². The van der Waals surface area contributed by atoms with E-state index in [1.54, 1.807) is 0 Å². The number of rotatable bonds is 2. The standard InChI is InChI=1S/C16H19BrN4/c17-13-10-6-5-9-12(13)15-19-14(20-16(18)21-15)11-7-3-1-2-4-8-11/h5-6,9-11H,1-4,7-8H2,(H2,18,19,20,21). The fourth-order valence-electron chi connectivity index (χ4n) is 2.89. The predicted octanol–water partition coefficient (Wildman–Crippen LogP) is 4.32. The molecular weight excluding hydrogens is 328 g/mol. The lowest BCUT2D eigenvalue weighted by molar-refractivity contribution is 0.559. The van der Waals surface area contributed by atoms with Crippen LogP contribution < -0.4 is 5.73 Å². The van der Waals surface area contributed by atoms with Crippen molar-refractivity contribution in [2.45, 2.75) is 44.4 Å². The molecule has 1 saturated carbocycles. The van der Waals surface area contributed by atoms with Gasteiger partial charge in [0.05, 0.1) is 0 Å². The third-order valence-electron chi connectivity index (χ3n) is 4.01. The summed E-state index contributed by atoms with van der Waals surface area (Å²) in [5.74, 6) is 2.25. The van der Waals surface area contributed by atoms with Gasteiger partial charge in [0, 0.05) is 16.0 Å². The van der Waals surface area contributed by atoms with Gasteiger partial charge >= 0.3 is 0 Å². The lowest BCUT2D eigenvalue weighted by Gasteiger charge is -2.14. The maximum Gasteiger partial charge on any atom is 0.223 e. The van der Waals surface area contributed by atoms with Crippen molar-refractivity contribution in [2.24, 2.45) is 0 Å². The number of benzene rings is 1. The van der Waals surface area contributed by atoms with E-state index in [9.17, 15) is 0 Å². The van der Waals surface area contributed by atoms with Crippen LogP contribution in [0.2, 0.25) is 0 Å². The van der Waals surface area contributed by atoms with Crippen molar-refractivity contribution in [3.63, 3.8) is 0 Å². The summed E-state index contributed by atoms with van der Waals surface area (Å²) in [6, 6.07) is 7.94. The number of nitrogens with two attached hydrogens (primary N) is 1. The Balaban J connectivity index is 1.98. The highest BCUT2D eigenvalue weighted by molar-refractivity contribution is 9.10. The summed E-state index contributed by atoms with van der Waals surface area (Å²) >= 11 is 3.55. The molecular formula is C16H19BrN4. The largest absolute Gasteiger partial charge is 0.368 e. The fraction of sp³-hybridized carbons (Fsp3) is 0.438. The first kappa shape index (κ1) is 14.4. The van der Waals surface area contributed by atoms with Crippen molar-refractivity contribution < 1.29 is 0 Å². The Morgan fingerprint density at radius 2 is 1.67 bits per heavy atom. The molecule has 2 N–H and O–H groups in total. The van der Waals surface area contributed by atoms with E-state index in [-0.39, 0.29) is 0 Å². The number of halogens is 1. The van der Waals surface area contributed by atoms with Crippen molar-refractivity contribution in [2.75, 3.05) is 5.73 Å². The zero-order valence-corrected chi connectivity index (χ0v) is 13.5. The van der Waals surface area contributed by atoms with Crippen LogP contribution in [0.15, 0.2) is 28.7 Å². The number of aromatic nitrogens is 3. The summed E-state index contributed by atoms with van der Waals surface area (Å²) in [6.07, 6.45) is 7.43. The number of nitrogen functional groups attached to an aromatic ring is 1. The molecule has 0 saturated heterocycles. The van der Waals surface area contributed by atoms with Gasteiger partial charge in [-0.25, -0.2) is 4.98 Å². The Kier molecular flexibility index (Phi) is 4.48. The number of anilines is 1. The molecule has 3 rings (SSSR count). The van der Waals surface area contributed by atoms with E-state index < -0.39 is 0 Å². The molecule has 21 heavy (non-hydrogen) atoms. The van der Waals surface area contributed by atoms with Crippen LogP contribution in [0.1, 0.15) is 50.3 Å². The van der Waals surface area contributed by atoms with Crippen molar-refractivity contribution in [3.8, 4) is 11.4 Å². The third-order valence-corrected chi connectivity index (χ3v) is 4.70. The van der Waals surface area contributed by atoms with Gasteiger partial charge in [-0.2, -0.15) is 9.97 Å². The summed E-state index contributed by atoms with van der Waals surface area (Å²) in [7, 11) is 0. The van der Waals surface area contributed by atoms with E-state index in [1.807, 2.05) is 24.3 Å². The van der Waals surface area contributed by atoms with Gasteiger partial charge in [0.15, 0.2) is 5.82 Å². The Morgan fingerprint density at radius 1 is 0.952 bits per heavy atom. The molecule has 1 heterocycles. The molecule has 0 radical (unpaired) electrons. The van der Waals surface area contributed by atoms with Crippen molar-refractivity contribution in [1.29, 1.82) is 0 Å². The SMILES string of the molecule is Nc1nc(-c2ccccc2Br)nc(C2CCCCCC2)n1. The first-order chi connectivity index (χ1) is 10.2. The van der Waals surface area contributed by atoms with Gasteiger partial charge in [-0.15, -0.1) is 0 Å². The van der Waals surface area contributed by atoms with Gasteiger partial charge < -0.3 is 5.73 Å². The Hall–Kier alpha value is -1.49. The molecule has 1 aromatic carbocycles. The molecule has 1 aliphatic carbocycles. The van der Waals surface area contributed by atoms with E-state index in [0.29, 0.717) is 17.7 Å². The van der Waals surface area contributed by atoms with Crippen LogP contribution in [0.4, 0.5) is 5.95 Å². The molecule has 110 valence electrons. The van der Waals surface area contributed by atoms with Crippen LogP contribution in [-0.2, 0) is 0 Å². The highest BCUT2D eigenvalue weighted by atomic mass is 79.9. The monoisotopic (exact) mass is 346 g/mol. The maximum absolute atomic E-state index is 5.92. The summed E-state index contributed by atoms with van der Waals surface area (Å²) in [5.41, 5.74) is 6.87. The molecule has 0 amide bonds. The van der Waals surface area contributed by atoms with Crippen LogP contribution in [0.5, 0.6) is 0 Å². The first-order valence-electron chi connectivity index (χ1n) is 7.50. The predicted molar refractivity (Wildman–Crippen MR) is 87.8 cm³/mol. The molecule has 5 heteroatoms. The minimum Gasteiger partial charge on any atom is -0.368 e. The fourth-order valence-corrected chi connectivity index (χ4v) is 3.35. The summed E-state index contributed by atoms with van der Waals surface area (Å²) < 4.78 is 0.974. The Morgan fingerprint density at radius 3 is 2.38 bits per heavy atom. The quantitative estimate of drug-likeness (QED) is 0.822. The normalized spacial score (nSPS) is 16.6. The van der Waals surface area contributed by atoms with Gasteiger partial charge in [0.1, 0.15) is 5.82 Å². The van der Waals surface area contributed by atoms with Gasteiger partial charge in [-0.05, 0) is 18.9 Å². The van der Waals surface area contributed by atoms with Gasteiger partial charge in [0.25, 0.3) is 0 Å². The van der Waals surface area contributed by atoms with Crippen LogP contribution in [-0.4, -0.2) is 15.0 Å². The molecule has 1 aromatic heterocycles. The van der Waals surface area contributed by atoms with E-state index in [0.717, 1.165) is 28.7 Å². The number of nitrogens with zero attached hydrogens (tertiary/aromatic N) is 3. The first-order valence-corrected chi connectivity index (χ1v) is 8.29. The number of hydrogen-bond donors (Lipinski definition) is 1. The van der Waals surface area contributed by atoms with E-state index in [2.05, 4.69) is 25.9 Å². The molecule has 0 spiro atoms. The van der Waals surface area contributed by atoms with Crippen LogP contribution in [0.25, 0.3) is 11.4 Å². The molecule has 1 fully saturated rings. The topological polar surface area (TPSA) is 64.7 Å². The minimum absolute atomic E-state index is 0.315. The molecule has 0 atom stereocenters. The average Bonchev–Trinajstić information content (AvgIpc) is 2.76. The highest BCUT2D eigenvalue weighted by Crippen LogP contribution is 2.32. The second-order valence-electron chi connectivity index (χ2n) is 5.54. The third kappa shape index (κ3) is 3.40.